The summed E-state index contributed by atoms with van der Waals surface area (Å²) in [5, 5.41) is 1.89. The van der Waals surface area contributed by atoms with Crippen molar-refractivity contribution in [3.05, 3.63) is 102 Å². The van der Waals surface area contributed by atoms with Crippen molar-refractivity contribution in [2.75, 3.05) is 6.61 Å². The quantitative estimate of drug-likeness (QED) is 0.452. The predicted octanol–water partition coefficient (Wildman–Crippen LogP) is 3.17. The summed E-state index contributed by atoms with van der Waals surface area (Å²) in [5.41, 5.74) is 1.29. The molecule has 0 unspecified atom stereocenters. The van der Waals surface area contributed by atoms with Crippen molar-refractivity contribution < 1.29 is 13.9 Å². The number of thiophene rings is 1. The lowest BCUT2D eigenvalue weighted by atomic mass is 10.0. The maximum atomic E-state index is 13.3. The first-order valence-electron chi connectivity index (χ1n) is 9.09. The van der Waals surface area contributed by atoms with Gasteiger partial charge >= 0.3 is 5.97 Å². The lowest BCUT2D eigenvalue weighted by Gasteiger charge is -2.23. The molecule has 3 aromatic rings. The van der Waals surface area contributed by atoms with E-state index >= 15 is 0 Å². The van der Waals surface area contributed by atoms with Gasteiger partial charge in [0, 0.05) is 4.88 Å². The molecule has 0 spiro atoms. The molecular weight excluding hydrogens is 423 g/mol. The number of rotatable bonds is 5. The summed E-state index contributed by atoms with van der Waals surface area (Å²) in [6.45, 7) is 5.38. The van der Waals surface area contributed by atoms with Gasteiger partial charge in [-0.1, -0.05) is 42.2 Å². The molecule has 0 N–H and O–H groups in total. The van der Waals surface area contributed by atoms with E-state index in [-0.39, 0.29) is 18.0 Å². The molecule has 0 fully saturated rings. The van der Waals surface area contributed by atoms with Crippen LogP contribution in [-0.4, -0.2) is 17.1 Å². The van der Waals surface area contributed by atoms with Crippen LogP contribution in [0.4, 0.5) is 4.39 Å². The summed E-state index contributed by atoms with van der Waals surface area (Å²) in [4.78, 5) is 31.9. The van der Waals surface area contributed by atoms with Gasteiger partial charge in [-0.25, -0.2) is 14.2 Å². The van der Waals surface area contributed by atoms with E-state index in [1.807, 2.05) is 17.5 Å². The molecule has 0 saturated heterocycles. The molecule has 0 aliphatic carbocycles. The Bertz CT molecular complexity index is 1320. The minimum Gasteiger partial charge on any atom is -0.458 e. The third-order valence-corrected chi connectivity index (χ3v) is 6.46. The highest BCUT2D eigenvalue weighted by molar-refractivity contribution is 7.10. The Labute approximate surface area is 179 Å². The van der Waals surface area contributed by atoms with Crippen molar-refractivity contribution in [2.45, 2.75) is 13.0 Å². The summed E-state index contributed by atoms with van der Waals surface area (Å²) in [7, 11) is 0. The second kappa shape index (κ2) is 8.33. The normalized spacial score (nSPS) is 16.2. The maximum absolute atomic E-state index is 13.3. The number of carbonyl (C=O) groups excluding carboxylic acids is 1. The zero-order chi connectivity index (χ0) is 21.3. The van der Waals surface area contributed by atoms with E-state index in [2.05, 4.69) is 11.6 Å². The molecule has 1 aromatic carbocycles. The minimum atomic E-state index is -0.617. The van der Waals surface area contributed by atoms with Gasteiger partial charge in [0.25, 0.3) is 5.56 Å². The first kappa shape index (κ1) is 20.2. The molecule has 0 saturated carbocycles. The van der Waals surface area contributed by atoms with Crippen LogP contribution < -0.4 is 14.9 Å². The second-order valence-corrected chi connectivity index (χ2v) is 8.52. The van der Waals surface area contributed by atoms with Crippen molar-refractivity contribution in [1.29, 1.82) is 0 Å². The van der Waals surface area contributed by atoms with Crippen molar-refractivity contribution >= 4 is 34.7 Å². The molecule has 1 aliphatic rings. The number of hydrogen-bond donors (Lipinski definition) is 0. The topological polar surface area (TPSA) is 60.7 Å². The highest BCUT2D eigenvalue weighted by atomic mass is 32.1. The number of allylic oxidation sites excluding steroid dienone is 1. The number of carbonyl (C=O) groups is 1. The van der Waals surface area contributed by atoms with Gasteiger partial charge in [0.15, 0.2) is 4.80 Å². The van der Waals surface area contributed by atoms with Crippen molar-refractivity contribution in [3.63, 3.8) is 0 Å². The van der Waals surface area contributed by atoms with Crippen LogP contribution >= 0.6 is 22.7 Å². The van der Waals surface area contributed by atoms with Crippen molar-refractivity contribution in [2.24, 2.45) is 4.99 Å². The minimum absolute atomic E-state index is 0.0712. The average molecular weight is 441 g/mol. The fourth-order valence-corrected chi connectivity index (χ4v) is 5.09. The number of ether oxygens (including phenoxy) is 1. The Balaban J connectivity index is 1.90. The Hall–Kier alpha value is -3.10. The predicted molar refractivity (Wildman–Crippen MR) is 116 cm³/mol. The Morgan fingerprint density at radius 2 is 2.10 bits per heavy atom. The highest BCUT2D eigenvalue weighted by Crippen LogP contribution is 2.33. The Morgan fingerprint density at radius 3 is 2.77 bits per heavy atom. The van der Waals surface area contributed by atoms with Gasteiger partial charge in [0.1, 0.15) is 18.5 Å². The third kappa shape index (κ3) is 3.71. The molecule has 3 heterocycles. The van der Waals surface area contributed by atoms with Crippen LogP contribution in [0.1, 0.15) is 23.4 Å². The summed E-state index contributed by atoms with van der Waals surface area (Å²) in [5.74, 6) is -0.869. The maximum Gasteiger partial charge on any atom is 0.338 e. The fourth-order valence-electron chi connectivity index (χ4n) is 3.22. The lowest BCUT2D eigenvalue weighted by molar-refractivity contribution is -0.138. The second-order valence-electron chi connectivity index (χ2n) is 6.54. The summed E-state index contributed by atoms with van der Waals surface area (Å²) >= 11 is 2.69. The largest absolute Gasteiger partial charge is 0.458 e. The molecule has 2 aromatic heterocycles. The summed E-state index contributed by atoms with van der Waals surface area (Å²) in [6, 6.07) is 9.03. The lowest BCUT2D eigenvalue weighted by Crippen LogP contribution is -2.39. The van der Waals surface area contributed by atoms with Crippen LogP contribution in [0.5, 0.6) is 0 Å². The number of thiazole rings is 1. The van der Waals surface area contributed by atoms with Gasteiger partial charge < -0.3 is 4.74 Å². The van der Waals surface area contributed by atoms with Crippen LogP contribution in [0.15, 0.2) is 75.5 Å². The van der Waals surface area contributed by atoms with Gasteiger partial charge in [0.2, 0.25) is 0 Å². The molecule has 5 nitrogen and oxygen atoms in total. The number of hydrogen-bond acceptors (Lipinski definition) is 6. The van der Waals surface area contributed by atoms with Crippen molar-refractivity contribution in [3.8, 4) is 0 Å². The molecule has 152 valence electrons. The van der Waals surface area contributed by atoms with Crippen LogP contribution in [0, 0.1) is 5.82 Å². The van der Waals surface area contributed by atoms with Gasteiger partial charge in [-0.2, -0.15) is 0 Å². The monoisotopic (exact) mass is 440 g/mol. The molecular formula is C22H17FN2O3S2. The molecule has 1 aliphatic heterocycles. The first-order valence-corrected chi connectivity index (χ1v) is 10.8. The Morgan fingerprint density at radius 1 is 1.33 bits per heavy atom. The third-order valence-electron chi connectivity index (χ3n) is 4.55. The summed E-state index contributed by atoms with van der Waals surface area (Å²) in [6.07, 6.45) is 3.19. The SMILES string of the molecule is C=CCOC(=O)C1=C(C)N=c2s/c(=C/c3ccc(F)cc3)c(=O)n2[C@@H]1c1cccs1. The van der Waals surface area contributed by atoms with Gasteiger partial charge in [-0.15, -0.1) is 11.3 Å². The molecule has 8 heteroatoms. The number of aromatic nitrogens is 1. The van der Waals surface area contributed by atoms with E-state index in [0.29, 0.717) is 26.2 Å². The van der Waals surface area contributed by atoms with Crippen LogP contribution in [0.2, 0.25) is 0 Å². The van der Waals surface area contributed by atoms with E-state index in [1.165, 1.54) is 45.4 Å². The molecule has 4 rings (SSSR count). The van der Waals surface area contributed by atoms with E-state index < -0.39 is 12.0 Å². The van der Waals surface area contributed by atoms with Gasteiger partial charge in [-0.3, -0.25) is 9.36 Å². The number of fused-ring (bicyclic) bond motifs is 1. The van der Waals surface area contributed by atoms with E-state index in [1.54, 1.807) is 25.1 Å². The molecule has 0 radical (unpaired) electrons. The molecule has 30 heavy (non-hydrogen) atoms. The highest BCUT2D eigenvalue weighted by Gasteiger charge is 2.33. The number of nitrogens with zero attached hydrogens (tertiary/aromatic N) is 2. The van der Waals surface area contributed by atoms with E-state index in [0.717, 1.165) is 4.88 Å². The number of esters is 1. The van der Waals surface area contributed by atoms with Crippen LogP contribution in [-0.2, 0) is 9.53 Å². The number of benzene rings is 1. The molecule has 0 amide bonds. The fraction of sp³-hybridized carbons (Fsp3) is 0.136. The smallest absolute Gasteiger partial charge is 0.338 e. The van der Waals surface area contributed by atoms with Gasteiger partial charge in [0.05, 0.1) is 15.8 Å². The standard InChI is InChI=1S/C22H17FN2O3S2/c1-3-10-28-21(27)18-13(2)24-22-25(19(18)16-5-4-11-29-16)20(26)17(30-22)12-14-6-8-15(23)9-7-14/h3-9,11-12,19H,1,10H2,2H3/b17-12+/t19-/m1/s1. The average Bonchev–Trinajstić information content (AvgIpc) is 3.36. The van der Waals surface area contributed by atoms with Gasteiger partial charge in [-0.05, 0) is 42.1 Å². The molecule has 1 atom stereocenters. The zero-order valence-corrected chi connectivity index (χ0v) is 17.6. The first-order chi connectivity index (χ1) is 14.5. The van der Waals surface area contributed by atoms with E-state index in [9.17, 15) is 14.0 Å². The zero-order valence-electron chi connectivity index (χ0n) is 16.0. The van der Waals surface area contributed by atoms with Crippen molar-refractivity contribution in [1.82, 2.24) is 4.57 Å². The van der Waals surface area contributed by atoms with E-state index in [4.69, 9.17) is 4.74 Å². The summed E-state index contributed by atoms with van der Waals surface area (Å²) < 4.78 is 20.5. The molecule has 0 bridgehead atoms. The van der Waals surface area contributed by atoms with Crippen LogP contribution in [0.25, 0.3) is 6.08 Å². The Kier molecular flexibility index (Phi) is 5.61. The number of halogens is 1. The van der Waals surface area contributed by atoms with Crippen LogP contribution in [0.3, 0.4) is 0 Å².